The number of hydrogen-bond donors (Lipinski definition) is 1. The van der Waals surface area contributed by atoms with E-state index in [0.29, 0.717) is 0 Å². The lowest BCUT2D eigenvalue weighted by Crippen LogP contribution is -1.93. The number of aromatic nitrogens is 3. The van der Waals surface area contributed by atoms with E-state index in [-0.39, 0.29) is 0 Å². The lowest BCUT2D eigenvalue weighted by molar-refractivity contribution is 1.04. The molecule has 2 aliphatic rings. The van der Waals surface area contributed by atoms with Gasteiger partial charge in [-0.15, -0.1) is 5.10 Å². The molecule has 0 radical (unpaired) electrons. The van der Waals surface area contributed by atoms with Gasteiger partial charge in [0.2, 0.25) is 0 Å². The zero-order valence-electron chi connectivity index (χ0n) is 7.79. The summed E-state index contributed by atoms with van der Waals surface area (Å²) in [6.07, 6.45) is 1.76. The molecule has 2 aliphatic heterocycles. The van der Waals surface area contributed by atoms with E-state index in [4.69, 9.17) is 5.73 Å². The second-order valence-electron chi connectivity index (χ2n) is 3.23. The van der Waals surface area contributed by atoms with Crippen molar-refractivity contribution in [1.82, 2.24) is 14.2 Å². The molecule has 0 aromatic heterocycles. The Bertz CT molecular complexity index is 551. The lowest BCUT2D eigenvalue weighted by atomic mass is 10.3. The van der Waals surface area contributed by atoms with Gasteiger partial charge in [-0.2, -0.15) is 5.10 Å². The van der Waals surface area contributed by atoms with Crippen molar-refractivity contribution < 1.29 is 0 Å². The largest absolute Gasteiger partial charge is 0.399 e. The summed E-state index contributed by atoms with van der Waals surface area (Å²) in [7, 11) is 0. The van der Waals surface area contributed by atoms with E-state index >= 15 is 0 Å². The Morgan fingerprint density at radius 3 is 2.80 bits per heavy atom. The van der Waals surface area contributed by atoms with E-state index in [2.05, 4.69) is 10.2 Å². The molecule has 0 atom stereocenters. The first-order chi connectivity index (χ1) is 7.34. The fraction of sp³-hybridized carbons (Fsp3) is 0. The molecule has 3 rings (SSSR count). The summed E-state index contributed by atoms with van der Waals surface area (Å²) in [5.74, 6) is 0.893. The van der Waals surface area contributed by atoms with Crippen LogP contribution in [0.15, 0.2) is 35.8 Å². The summed E-state index contributed by atoms with van der Waals surface area (Å²) in [5, 5.41) is 9.98. The van der Waals surface area contributed by atoms with Crippen molar-refractivity contribution in [2.75, 3.05) is 5.73 Å². The van der Waals surface area contributed by atoms with Gasteiger partial charge in [0, 0.05) is 11.1 Å². The van der Waals surface area contributed by atoms with Crippen LogP contribution in [0.1, 0.15) is 0 Å². The number of benzene rings is 1. The molecule has 0 saturated heterocycles. The first-order valence-corrected chi connectivity index (χ1v) is 5.32. The Hall–Kier alpha value is -1.88. The van der Waals surface area contributed by atoms with Crippen LogP contribution in [0.2, 0.25) is 0 Å². The van der Waals surface area contributed by atoms with Crippen LogP contribution >= 0.6 is 11.5 Å². The Kier molecular flexibility index (Phi) is 1.72. The van der Waals surface area contributed by atoms with E-state index in [1.54, 1.807) is 17.7 Å². The van der Waals surface area contributed by atoms with Gasteiger partial charge in [0.15, 0.2) is 5.82 Å². The minimum absolute atomic E-state index is 0.765. The Morgan fingerprint density at radius 1 is 1.20 bits per heavy atom. The molecule has 5 heteroatoms. The van der Waals surface area contributed by atoms with E-state index < -0.39 is 0 Å². The van der Waals surface area contributed by atoms with Crippen molar-refractivity contribution in [3.8, 4) is 17.1 Å². The van der Waals surface area contributed by atoms with Gasteiger partial charge in [-0.05, 0) is 24.3 Å². The fourth-order valence-corrected chi connectivity index (χ4v) is 2.32. The number of hydrogen-bond acceptors (Lipinski definition) is 4. The predicted molar refractivity (Wildman–Crippen MR) is 60.3 cm³/mol. The lowest BCUT2D eigenvalue weighted by Gasteiger charge is -2.02. The highest BCUT2D eigenvalue weighted by molar-refractivity contribution is 7.05. The molecule has 2 heterocycles. The van der Waals surface area contributed by atoms with Crippen LogP contribution in [0.5, 0.6) is 0 Å². The molecule has 0 bridgehead atoms. The zero-order chi connectivity index (χ0) is 10.3. The zero-order valence-corrected chi connectivity index (χ0v) is 8.61. The van der Waals surface area contributed by atoms with Crippen LogP contribution in [0.25, 0.3) is 17.1 Å². The van der Waals surface area contributed by atoms with Gasteiger partial charge in [-0.3, -0.25) is 0 Å². The highest BCUT2D eigenvalue weighted by Crippen LogP contribution is 2.27. The third-order valence-corrected chi connectivity index (χ3v) is 3.17. The van der Waals surface area contributed by atoms with Crippen LogP contribution in [0.3, 0.4) is 0 Å². The molecule has 74 valence electrons. The molecule has 15 heavy (non-hydrogen) atoms. The molecule has 0 saturated carbocycles. The van der Waals surface area contributed by atoms with Crippen molar-refractivity contribution in [3.05, 3.63) is 35.8 Å². The summed E-state index contributed by atoms with van der Waals surface area (Å²) in [4.78, 5) is 0. The molecular weight excluding hydrogens is 208 g/mol. The van der Waals surface area contributed by atoms with Crippen LogP contribution in [0, 0.1) is 0 Å². The topological polar surface area (TPSA) is 56.7 Å². The summed E-state index contributed by atoms with van der Waals surface area (Å²) in [5.41, 5.74) is 8.53. The van der Waals surface area contributed by atoms with Crippen molar-refractivity contribution in [1.29, 1.82) is 0 Å². The summed E-state index contributed by atoms with van der Waals surface area (Å²) in [6, 6.07) is 7.70. The number of anilines is 1. The van der Waals surface area contributed by atoms with Crippen LogP contribution < -0.4 is 5.73 Å². The van der Waals surface area contributed by atoms with E-state index in [9.17, 15) is 0 Å². The van der Waals surface area contributed by atoms with Crippen LogP contribution in [0.4, 0.5) is 5.69 Å². The van der Waals surface area contributed by atoms with Gasteiger partial charge >= 0.3 is 0 Å². The van der Waals surface area contributed by atoms with Crippen molar-refractivity contribution in [2.24, 2.45) is 0 Å². The minimum Gasteiger partial charge on any atom is -0.399 e. The molecule has 1 aromatic carbocycles. The van der Waals surface area contributed by atoms with Gasteiger partial charge in [-0.25, -0.2) is 3.96 Å². The molecule has 2 N–H and O–H groups in total. The number of rotatable bonds is 1. The highest BCUT2D eigenvalue weighted by Gasteiger charge is 2.12. The predicted octanol–water partition coefficient (Wildman–Crippen LogP) is 2.02. The number of nitrogen functional groups attached to an aromatic ring is 1. The third kappa shape index (κ3) is 1.28. The van der Waals surface area contributed by atoms with E-state index in [1.165, 1.54) is 0 Å². The van der Waals surface area contributed by atoms with Gasteiger partial charge in [-0.1, -0.05) is 11.5 Å². The molecule has 0 fully saturated rings. The van der Waals surface area contributed by atoms with Crippen molar-refractivity contribution in [3.63, 3.8) is 0 Å². The average Bonchev–Trinajstić information content (AvgIpc) is 2.80. The molecule has 0 spiro atoms. The van der Waals surface area contributed by atoms with E-state index in [1.807, 2.05) is 33.6 Å². The van der Waals surface area contributed by atoms with Gasteiger partial charge in [0.1, 0.15) is 0 Å². The number of fused-ring (bicyclic) bond motifs is 1. The Morgan fingerprint density at radius 2 is 2.00 bits per heavy atom. The molecular formula is C10H8N4S. The number of nitrogens with zero attached hydrogens (tertiary/aromatic N) is 3. The van der Waals surface area contributed by atoms with Gasteiger partial charge < -0.3 is 5.73 Å². The molecule has 0 aliphatic carbocycles. The first kappa shape index (κ1) is 8.43. The standard InChI is InChI=1S/C10H8N4S/c11-8-1-3-9(4-2-8)14-10-7(6-15-14)5-12-13-10/h1-6H,11H2. The number of nitrogens with two attached hydrogens (primary N) is 1. The maximum atomic E-state index is 5.64. The summed E-state index contributed by atoms with van der Waals surface area (Å²) in [6.45, 7) is 0. The first-order valence-electron chi connectivity index (χ1n) is 4.48. The monoisotopic (exact) mass is 216 g/mol. The average molecular weight is 216 g/mol. The SMILES string of the molecule is Nc1ccc(-n2scc3cnnc2-3)cc1. The van der Waals surface area contributed by atoms with Gasteiger partial charge in [0.25, 0.3) is 0 Å². The van der Waals surface area contributed by atoms with Crippen LogP contribution in [-0.4, -0.2) is 14.2 Å². The normalized spacial score (nSPS) is 10.9. The summed E-state index contributed by atoms with van der Waals surface area (Å²) >= 11 is 1.60. The quantitative estimate of drug-likeness (QED) is 0.633. The Labute approximate surface area is 90.5 Å². The smallest absolute Gasteiger partial charge is 0.178 e. The maximum Gasteiger partial charge on any atom is 0.178 e. The molecule has 0 amide bonds. The third-order valence-electron chi connectivity index (χ3n) is 2.21. The highest BCUT2D eigenvalue weighted by atomic mass is 32.1. The minimum atomic E-state index is 0.765. The maximum absolute atomic E-state index is 5.64. The molecule has 4 nitrogen and oxygen atoms in total. The second kappa shape index (κ2) is 3.06. The summed E-state index contributed by atoms with van der Waals surface area (Å²) < 4.78 is 2.03. The van der Waals surface area contributed by atoms with E-state index in [0.717, 1.165) is 22.8 Å². The molecule has 0 unspecified atom stereocenters. The van der Waals surface area contributed by atoms with Crippen LogP contribution in [-0.2, 0) is 0 Å². The Balaban J connectivity index is 2.15. The fourth-order valence-electron chi connectivity index (χ4n) is 1.45. The van der Waals surface area contributed by atoms with Crippen molar-refractivity contribution in [2.45, 2.75) is 0 Å². The second-order valence-corrected chi connectivity index (χ2v) is 4.04. The van der Waals surface area contributed by atoms with Gasteiger partial charge in [0.05, 0.1) is 17.4 Å². The molecule has 1 aromatic rings. The van der Waals surface area contributed by atoms with Crippen molar-refractivity contribution >= 4 is 17.2 Å².